The van der Waals surface area contributed by atoms with Crippen molar-refractivity contribution in [1.82, 2.24) is 14.7 Å². The van der Waals surface area contributed by atoms with Crippen LogP contribution in [0.3, 0.4) is 0 Å². The lowest BCUT2D eigenvalue weighted by atomic mass is 10.3. The minimum absolute atomic E-state index is 0.186. The van der Waals surface area contributed by atoms with Crippen molar-refractivity contribution < 1.29 is 14.3 Å². The Hall–Kier alpha value is -2.38. The molecule has 0 aliphatic carbocycles. The van der Waals surface area contributed by atoms with Crippen LogP contribution in [0.25, 0.3) is 0 Å². The Labute approximate surface area is 114 Å². The molecule has 0 bridgehead atoms. The third kappa shape index (κ3) is 4.38. The fraction of sp³-hybridized carbons (Fsp3) is 0.500. The molecule has 0 aliphatic rings. The summed E-state index contributed by atoms with van der Waals surface area (Å²) in [4.78, 5) is 47.2. The Morgan fingerprint density at radius 1 is 1.35 bits per heavy atom. The number of hydrogen-bond donors (Lipinski definition) is 1. The largest absolute Gasteiger partial charge is 0.468 e. The predicted octanol–water partition coefficient (Wildman–Crippen LogP) is -1.05. The van der Waals surface area contributed by atoms with Crippen molar-refractivity contribution in [3.05, 3.63) is 32.8 Å². The maximum Gasteiger partial charge on any atom is 0.325 e. The number of amides is 1. The van der Waals surface area contributed by atoms with Gasteiger partial charge in [0.1, 0.15) is 13.1 Å². The molecule has 0 saturated heterocycles. The van der Waals surface area contributed by atoms with Gasteiger partial charge in [0.2, 0.25) is 5.91 Å². The average molecular weight is 283 g/mol. The first-order valence-corrected chi connectivity index (χ1v) is 6.12. The molecule has 0 saturated carbocycles. The summed E-state index contributed by atoms with van der Waals surface area (Å²) in [5.74, 6) is -0.984. The summed E-state index contributed by atoms with van der Waals surface area (Å²) in [6.45, 7) is 1.70. The van der Waals surface area contributed by atoms with E-state index in [1.54, 1.807) is 0 Å². The van der Waals surface area contributed by atoms with Crippen molar-refractivity contribution in [3.63, 3.8) is 0 Å². The zero-order chi connectivity index (χ0) is 15.1. The summed E-state index contributed by atoms with van der Waals surface area (Å²) in [5, 5.41) is 2.26. The van der Waals surface area contributed by atoms with Crippen LogP contribution in [-0.4, -0.2) is 46.8 Å². The van der Waals surface area contributed by atoms with E-state index in [1.807, 2.05) is 6.92 Å². The molecule has 110 valence electrons. The first kappa shape index (κ1) is 15.7. The van der Waals surface area contributed by atoms with Gasteiger partial charge in [-0.25, -0.2) is 4.68 Å². The number of nitrogens with zero attached hydrogens (tertiary/aromatic N) is 2. The van der Waals surface area contributed by atoms with Crippen LogP contribution >= 0.6 is 0 Å². The van der Waals surface area contributed by atoms with E-state index in [0.29, 0.717) is 13.0 Å². The fourth-order valence-electron chi connectivity index (χ4n) is 1.60. The maximum atomic E-state index is 12.1. The van der Waals surface area contributed by atoms with Gasteiger partial charge in [-0.1, -0.05) is 6.92 Å². The average Bonchev–Trinajstić information content (AvgIpc) is 2.42. The smallest absolute Gasteiger partial charge is 0.325 e. The monoisotopic (exact) mass is 283 g/mol. The van der Waals surface area contributed by atoms with E-state index in [0.717, 1.165) is 16.8 Å². The highest BCUT2D eigenvalue weighted by Crippen LogP contribution is 1.95. The summed E-state index contributed by atoms with van der Waals surface area (Å²) < 4.78 is 5.42. The summed E-state index contributed by atoms with van der Waals surface area (Å²) >= 11 is 0. The zero-order valence-electron chi connectivity index (χ0n) is 11.4. The Bertz CT molecular complexity index is 589. The van der Waals surface area contributed by atoms with Crippen LogP contribution in [-0.2, 0) is 20.9 Å². The molecule has 0 radical (unpaired) electrons. The third-order valence-corrected chi connectivity index (χ3v) is 2.58. The number of ether oxygens (including phenoxy) is 1. The number of esters is 1. The van der Waals surface area contributed by atoms with Gasteiger partial charge < -0.3 is 9.64 Å². The molecule has 0 fully saturated rings. The van der Waals surface area contributed by atoms with Crippen LogP contribution in [0.1, 0.15) is 13.3 Å². The molecular weight excluding hydrogens is 266 g/mol. The Kier molecular flexibility index (Phi) is 5.70. The highest BCUT2D eigenvalue weighted by Gasteiger charge is 2.17. The van der Waals surface area contributed by atoms with Gasteiger partial charge in [0, 0.05) is 18.7 Å². The minimum Gasteiger partial charge on any atom is -0.468 e. The number of hydrogen-bond acceptors (Lipinski definition) is 5. The van der Waals surface area contributed by atoms with Crippen molar-refractivity contribution >= 4 is 11.9 Å². The summed E-state index contributed by atoms with van der Waals surface area (Å²) in [5.41, 5.74) is -0.972. The maximum absolute atomic E-state index is 12.1. The summed E-state index contributed by atoms with van der Waals surface area (Å²) in [7, 11) is 1.23. The van der Waals surface area contributed by atoms with Gasteiger partial charge in [-0.05, 0) is 6.42 Å². The van der Waals surface area contributed by atoms with Crippen LogP contribution in [0.5, 0.6) is 0 Å². The molecule has 0 unspecified atom stereocenters. The highest BCUT2D eigenvalue weighted by atomic mass is 16.5. The molecule has 1 aromatic heterocycles. The Morgan fingerprint density at radius 2 is 2.05 bits per heavy atom. The molecule has 1 rings (SSSR count). The van der Waals surface area contributed by atoms with Gasteiger partial charge in [-0.2, -0.15) is 0 Å². The molecule has 0 aromatic carbocycles. The second-order valence-corrected chi connectivity index (χ2v) is 4.13. The number of rotatable bonds is 6. The predicted molar refractivity (Wildman–Crippen MR) is 70.2 cm³/mol. The standard InChI is InChI=1S/C12H17N3O5/c1-3-6-14(8-12(19)20-2)11(18)7-15-10(17)5-4-9(16)13-15/h4-5H,3,6-8H2,1-2H3,(H,13,16). The number of nitrogens with one attached hydrogen (secondary N) is 1. The number of methoxy groups -OCH3 is 1. The lowest BCUT2D eigenvalue weighted by Crippen LogP contribution is -2.41. The number of carbonyl (C=O) groups is 2. The molecule has 0 atom stereocenters. The van der Waals surface area contributed by atoms with E-state index in [4.69, 9.17) is 0 Å². The molecule has 1 aromatic rings. The highest BCUT2D eigenvalue weighted by molar-refractivity contribution is 5.81. The van der Waals surface area contributed by atoms with Gasteiger partial charge in [0.15, 0.2) is 0 Å². The topological polar surface area (TPSA) is 101 Å². The van der Waals surface area contributed by atoms with E-state index in [1.165, 1.54) is 12.0 Å². The second kappa shape index (κ2) is 7.27. The lowest BCUT2D eigenvalue weighted by Gasteiger charge is -2.20. The number of aromatic nitrogens is 2. The van der Waals surface area contributed by atoms with Crippen molar-refractivity contribution in [2.75, 3.05) is 20.2 Å². The first-order valence-electron chi connectivity index (χ1n) is 6.12. The fourth-order valence-corrected chi connectivity index (χ4v) is 1.60. The van der Waals surface area contributed by atoms with Crippen molar-refractivity contribution in [1.29, 1.82) is 0 Å². The molecule has 1 amide bonds. The molecule has 1 N–H and O–H groups in total. The molecule has 0 aliphatic heterocycles. The van der Waals surface area contributed by atoms with Gasteiger partial charge >= 0.3 is 5.97 Å². The van der Waals surface area contributed by atoms with Crippen molar-refractivity contribution in [3.8, 4) is 0 Å². The number of H-pyrrole nitrogens is 1. The minimum atomic E-state index is -0.541. The molecule has 8 nitrogen and oxygen atoms in total. The van der Waals surface area contributed by atoms with E-state index in [2.05, 4.69) is 9.84 Å². The third-order valence-electron chi connectivity index (χ3n) is 2.58. The molecule has 1 heterocycles. The zero-order valence-corrected chi connectivity index (χ0v) is 11.4. The van der Waals surface area contributed by atoms with Crippen LogP contribution < -0.4 is 11.1 Å². The van der Waals surface area contributed by atoms with E-state index in [9.17, 15) is 19.2 Å². The Morgan fingerprint density at radius 3 is 2.65 bits per heavy atom. The Balaban J connectivity index is 2.85. The van der Waals surface area contributed by atoms with Gasteiger partial charge in [0.05, 0.1) is 7.11 Å². The van der Waals surface area contributed by atoms with Gasteiger partial charge in [0.25, 0.3) is 11.1 Å². The molecule has 0 spiro atoms. The van der Waals surface area contributed by atoms with E-state index < -0.39 is 23.0 Å². The molecular formula is C12H17N3O5. The van der Waals surface area contributed by atoms with Crippen LogP contribution in [0.15, 0.2) is 21.7 Å². The SMILES string of the molecule is CCCN(CC(=O)OC)C(=O)Cn1[nH]c(=O)ccc1=O. The number of carbonyl (C=O) groups excluding carboxylic acids is 2. The first-order chi connectivity index (χ1) is 9.47. The lowest BCUT2D eigenvalue weighted by molar-refractivity contribution is -0.147. The summed E-state index contributed by atoms with van der Waals surface area (Å²) in [6, 6.07) is 2.16. The van der Waals surface area contributed by atoms with Crippen LogP contribution in [0.2, 0.25) is 0 Å². The van der Waals surface area contributed by atoms with Crippen LogP contribution in [0, 0.1) is 0 Å². The van der Waals surface area contributed by atoms with Gasteiger partial charge in [-0.3, -0.25) is 24.3 Å². The van der Waals surface area contributed by atoms with Crippen LogP contribution in [0.4, 0.5) is 0 Å². The quantitative estimate of drug-likeness (QED) is 0.671. The van der Waals surface area contributed by atoms with Gasteiger partial charge in [-0.15, -0.1) is 0 Å². The van der Waals surface area contributed by atoms with Crippen molar-refractivity contribution in [2.45, 2.75) is 19.9 Å². The molecule has 8 heteroatoms. The normalized spacial score (nSPS) is 10.1. The van der Waals surface area contributed by atoms with Crippen molar-refractivity contribution in [2.24, 2.45) is 0 Å². The van der Waals surface area contributed by atoms with E-state index >= 15 is 0 Å². The summed E-state index contributed by atoms with van der Waals surface area (Å²) in [6.07, 6.45) is 0.656. The van der Waals surface area contributed by atoms with E-state index in [-0.39, 0.29) is 13.1 Å². The number of aromatic amines is 1. The molecule has 20 heavy (non-hydrogen) atoms. The second-order valence-electron chi connectivity index (χ2n) is 4.13.